The van der Waals surface area contributed by atoms with Crippen LogP contribution in [0.1, 0.15) is 34.1 Å². The Morgan fingerprint density at radius 1 is 1.42 bits per heavy atom. The summed E-state index contributed by atoms with van der Waals surface area (Å²) in [6, 6.07) is 4.22. The predicted molar refractivity (Wildman–Crippen MR) is 77.6 cm³/mol. The molecule has 0 bridgehead atoms. The van der Waals surface area contributed by atoms with Crippen LogP contribution in [0.2, 0.25) is 0 Å². The zero-order chi connectivity index (χ0) is 13.8. The number of rotatable bonds is 5. The number of pyridine rings is 1. The molecular formula is C14H19N3OS. The van der Waals surface area contributed by atoms with Gasteiger partial charge in [0.05, 0.1) is 17.8 Å². The third-order valence-corrected chi connectivity index (χ3v) is 4.23. The van der Waals surface area contributed by atoms with Crippen molar-refractivity contribution in [3.63, 3.8) is 0 Å². The van der Waals surface area contributed by atoms with Gasteiger partial charge in [0.25, 0.3) is 0 Å². The minimum absolute atomic E-state index is 0.274. The molecule has 1 atom stereocenters. The fourth-order valence-corrected chi connectivity index (χ4v) is 3.00. The van der Waals surface area contributed by atoms with Gasteiger partial charge in [0, 0.05) is 29.2 Å². The lowest BCUT2D eigenvalue weighted by Gasteiger charge is -2.14. The second-order valence-corrected chi connectivity index (χ2v) is 5.69. The zero-order valence-electron chi connectivity index (χ0n) is 11.7. The van der Waals surface area contributed by atoms with Gasteiger partial charge < -0.3 is 10.1 Å². The summed E-state index contributed by atoms with van der Waals surface area (Å²) in [4.78, 5) is 9.95. The van der Waals surface area contributed by atoms with Gasteiger partial charge in [-0.1, -0.05) is 6.07 Å². The van der Waals surface area contributed by atoms with E-state index < -0.39 is 0 Å². The monoisotopic (exact) mass is 277 g/mol. The van der Waals surface area contributed by atoms with Crippen LogP contribution in [-0.2, 0) is 6.54 Å². The molecule has 0 fully saturated rings. The summed E-state index contributed by atoms with van der Waals surface area (Å²) in [6.45, 7) is 6.98. The Balaban J connectivity index is 2.04. The number of aromatic nitrogens is 2. The molecule has 0 aliphatic rings. The van der Waals surface area contributed by atoms with E-state index >= 15 is 0 Å². The van der Waals surface area contributed by atoms with E-state index in [0.717, 1.165) is 22.8 Å². The summed E-state index contributed by atoms with van der Waals surface area (Å²) in [6.07, 6.45) is 1.74. The molecule has 0 aliphatic carbocycles. The molecule has 2 aromatic rings. The lowest BCUT2D eigenvalue weighted by Crippen LogP contribution is -2.18. The Labute approximate surface area is 117 Å². The van der Waals surface area contributed by atoms with E-state index in [9.17, 15) is 0 Å². The van der Waals surface area contributed by atoms with Gasteiger partial charge in [-0.2, -0.15) is 0 Å². The first-order chi connectivity index (χ1) is 9.11. The molecule has 0 spiro atoms. The minimum Gasteiger partial charge on any atom is -0.481 e. The molecule has 0 aromatic carbocycles. The van der Waals surface area contributed by atoms with Crippen molar-refractivity contribution in [1.29, 1.82) is 0 Å². The molecule has 19 heavy (non-hydrogen) atoms. The summed E-state index contributed by atoms with van der Waals surface area (Å²) in [7, 11) is 1.64. The summed E-state index contributed by atoms with van der Waals surface area (Å²) in [5, 5.41) is 4.61. The summed E-state index contributed by atoms with van der Waals surface area (Å²) in [5.41, 5.74) is 2.18. The van der Waals surface area contributed by atoms with Crippen molar-refractivity contribution in [2.75, 3.05) is 7.11 Å². The van der Waals surface area contributed by atoms with Crippen molar-refractivity contribution in [3.05, 3.63) is 39.5 Å². The van der Waals surface area contributed by atoms with E-state index in [2.05, 4.69) is 29.1 Å². The molecule has 1 N–H and O–H groups in total. The van der Waals surface area contributed by atoms with E-state index in [1.807, 2.05) is 19.1 Å². The molecule has 0 radical (unpaired) electrons. The molecule has 0 saturated heterocycles. The molecule has 5 heteroatoms. The van der Waals surface area contributed by atoms with Crippen LogP contribution in [0.4, 0.5) is 0 Å². The number of hydrogen-bond donors (Lipinski definition) is 1. The Kier molecular flexibility index (Phi) is 4.50. The van der Waals surface area contributed by atoms with E-state index in [-0.39, 0.29) is 6.04 Å². The molecule has 4 nitrogen and oxygen atoms in total. The van der Waals surface area contributed by atoms with Crippen molar-refractivity contribution >= 4 is 11.3 Å². The first-order valence-corrected chi connectivity index (χ1v) is 7.08. The number of hydrogen-bond acceptors (Lipinski definition) is 5. The quantitative estimate of drug-likeness (QED) is 0.912. The number of aryl methyl sites for hydroxylation is 2. The fourth-order valence-electron chi connectivity index (χ4n) is 2.05. The summed E-state index contributed by atoms with van der Waals surface area (Å²) in [5.74, 6) is 0.680. The van der Waals surface area contributed by atoms with E-state index in [4.69, 9.17) is 4.74 Å². The normalized spacial score (nSPS) is 12.4. The molecule has 2 aromatic heterocycles. The molecular weight excluding hydrogens is 258 g/mol. The average molecular weight is 277 g/mol. The molecule has 1 unspecified atom stereocenters. The van der Waals surface area contributed by atoms with Gasteiger partial charge in [0.1, 0.15) is 0 Å². The number of nitrogens with one attached hydrogen (secondary N) is 1. The Morgan fingerprint density at radius 2 is 2.21 bits per heavy atom. The fraction of sp³-hybridized carbons (Fsp3) is 0.429. The number of nitrogens with zero attached hydrogens (tertiary/aromatic N) is 2. The molecule has 2 rings (SSSR count). The second-order valence-electron chi connectivity index (χ2n) is 4.46. The van der Waals surface area contributed by atoms with Crippen LogP contribution in [0.25, 0.3) is 0 Å². The van der Waals surface area contributed by atoms with Gasteiger partial charge in [-0.05, 0) is 26.8 Å². The van der Waals surface area contributed by atoms with Crippen LogP contribution in [0.3, 0.4) is 0 Å². The largest absolute Gasteiger partial charge is 0.481 e. The first kappa shape index (κ1) is 14.0. The van der Waals surface area contributed by atoms with E-state index in [1.54, 1.807) is 24.6 Å². The Morgan fingerprint density at radius 3 is 2.84 bits per heavy atom. The SMILES string of the molecule is COc1ncccc1CNC(C)c1sc(C)nc1C. The predicted octanol–water partition coefficient (Wildman–Crippen LogP) is 3.01. The van der Waals surface area contributed by atoms with Crippen molar-refractivity contribution in [2.24, 2.45) is 0 Å². The van der Waals surface area contributed by atoms with E-state index in [0.29, 0.717) is 5.88 Å². The van der Waals surface area contributed by atoms with Crippen molar-refractivity contribution in [3.8, 4) is 5.88 Å². The lowest BCUT2D eigenvalue weighted by molar-refractivity contribution is 0.389. The molecule has 0 saturated carbocycles. The van der Waals surface area contributed by atoms with E-state index in [1.165, 1.54) is 4.88 Å². The smallest absolute Gasteiger partial charge is 0.217 e. The van der Waals surface area contributed by atoms with Gasteiger partial charge >= 0.3 is 0 Å². The van der Waals surface area contributed by atoms with Gasteiger partial charge in [-0.3, -0.25) is 0 Å². The van der Waals surface area contributed by atoms with Crippen molar-refractivity contribution in [2.45, 2.75) is 33.4 Å². The van der Waals surface area contributed by atoms with Crippen molar-refractivity contribution in [1.82, 2.24) is 15.3 Å². The molecule has 2 heterocycles. The third kappa shape index (κ3) is 3.30. The van der Waals surface area contributed by atoms with Gasteiger partial charge in [0.15, 0.2) is 0 Å². The van der Waals surface area contributed by atoms with Gasteiger partial charge in [0.2, 0.25) is 5.88 Å². The maximum atomic E-state index is 5.25. The first-order valence-electron chi connectivity index (χ1n) is 6.27. The standard InChI is InChI=1S/C14H19N3OS/c1-9(13-10(2)17-11(3)19-13)16-8-12-6-5-7-15-14(12)18-4/h5-7,9,16H,8H2,1-4H3. The summed E-state index contributed by atoms with van der Waals surface area (Å²) >= 11 is 1.75. The number of thiazole rings is 1. The molecule has 0 aliphatic heterocycles. The lowest BCUT2D eigenvalue weighted by atomic mass is 10.2. The van der Waals surface area contributed by atoms with Crippen LogP contribution < -0.4 is 10.1 Å². The molecule has 0 amide bonds. The van der Waals surface area contributed by atoms with Crippen LogP contribution in [0, 0.1) is 13.8 Å². The van der Waals surface area contributed by atoms with Crippen LogP contribution >= 0.6 is 11.3 Å². The van der Waals surface area contributed by atoms with Crippen LogP contribution in [0.5, 0.6) is 5.88 Å². The topological polar surface area (TPSA) is 47.0 Å². The molecule has 102 valence electrons. The highest BCUT2D eigenvalue weighted by Gasteiger charge is 2.13. The Bertz CT molecular complexity index is 553. The maximum absolute atomic E-state index is 5.25. The van der Waals surface area contributed by atoms with Crippen LogP contribution in [0.15, 0.2) is 18.3 Å². The highest BCUT2D eigenvalue weighted by Crippen LogP contribution is 2.25. The highest BCUT2D eigenvalue weighted by molar-refractivity contribution is 7.11. The Hall–Kier alpha value is -1.46. The van der Waals surface area contributed by atoms with Crippen LogP contribution in [-0.4, -0.2) is 17.1 Å². The van der Waals surface area contributed by atoms with Crippen molar-refractivity contribution < 1.29 is 4.74 Å². The highest BCUT2D eigenvalue weighted by atomic mass is 32.1. The van der Waals surface area contributed by atoms with Gasteiger partial charge in [-0.25, -0.2) is 9.97 Å². The second kappa shape index (κ2) is 6.12. The third-order valence-electron chi connectivity index (χ3n) is 2.97. The number of methoxy groups -OCH3 is 1. The zero-order valence-corrected chi connectivity index (χ0v) is 12.5. The summed E-state index contributed by atoms with van der Waals surface area (Å²) < 4.78 is 5.25. The van der Waals surface area contributed by atoms with Gasteiger partial charge in [-0.15, -0.1) is 11.3 Å². The number of ether oxygens (including phenoxy) is 1. The average Bonchev–Trinajstić information content (AvgIpc) is 2.75. The minimum atomic E-state index is 0.274. The maximum Gasteiger partial charge on any atom is 0.217 e.